The number of nitrogens with one attached hydrogen (secondary N) is 2. The maximum absolute atomic E-state index is 15.0. The third-order valence-corrected chi connectivity index (χ3v) is 9.15. The Morgan fingerprint density at radius 2 is 1.91 bits per heavy atom. The maximum atomic E-state index is 15.0. The van der Waals surface area contributed by atoms with Crippen molar-refractivity contribution < 1.29 is 30.8 Å². The van der Waals surface area contributed by atoms with Gasteiger partial charge in [-0.25, -0.2) is 26.6 Å². The van der Waals surface area contributed by atoms with Gasteiger partial charge in [0.15, 0.2) is 5.76 Å². The number of rotatable bonds is 6. The van der Waals surface area contributed by atoms with E-state index in [9.17, 15) is 26.4 Å². The van der Waals surface area contributed by atoms with Gasteiger partial charge in [-0.15, -0.1) is 0 Å². The Bertz CT molecular complexity index is 2340. The van der Waals surface area contributed by atoms with Crippen LogP contribution in [0.4, 0.5) is 24.5 Å². The van der Waals surface area contributed by atoms with E-state index in [1.54, 1.807) is 37.3 Å². The number of aromatic nitrogens is 2. The van der Waals surface area contributed by atoms with Crippen molar-refractivity contribution in [1.29, 1.82) is 0 Å². The van der Waals surface area contributed by atoms with Gasteiger partial charge in [0.05, 0.1) is 46.8 Å². The molecule has 2 N–H and O–H groups in total. The Balaban J connectivity index is 1.66. The van der Waals surface area contributed by atoms with Crippen LogP contribution in [-0.2, 0) is 16.7 Å². The van der Waals surface area contributed by atoms with Crippen molar-refractivity contribution in [3.63, 3.8) is 0 Å². The molecule has 0 aliphatic carbocycles. The summed E-state index contributed by atoms with van der Waals surface area (Å²) in [6.07, 6.45) is 3.95. The smallest absolute Gasteiger partial charge is 0.255 e. The van der Waals surface area contributed by atoms with Gasteiger partial charge in [0, 0.05) is 47.7 Å². The molecule has 0 saturated heterocycles. The fourth-order valence-electron chi connectivity index (χ4n) is 5.64. The number of hydrogen-bond donors (Lipinski definition) is 2. The molecule has 1 aliphatic rings. The van der Waals surface area contributed by atoms with Crippen LogP contribution >= 0.6 is 0 Å². The highest BCUT2D eigenvalue weighted by molar-refractivity contribution is 7.92. The molecule has 236 valence electrons. The van der Waals surface area contributed by atoms with E-state index in [0.717, 1.165) is 28.8 Å². The molecular formula is C33H28F3N5O4S. The summed E-state index contributed by atoms with van der Waals surface area (Å²) >= 11 is 0. The molecule has 0 unspecified atom stereocenters. The molecule has 0 radical (unpaired) electrons. The standard InChI is InChI=1S/C33H28F3N5O4S/c1-6-22(35)19-14-28-31-25(38-16-41(28)26(19)7-2)11-10-24(39-31)20-13-21-29(15-27(20)40(4)46(5,43)44)45-32(30(21)33(42)37-3)18-9-8-17(34)12-23(18)36/h6-15,38H,1,16H2,2-5H3,(H,37,42)/b22-19+,26-7+. The Morgan fingerprint density at radius 3 is 2.57 bits per heavy atom. The molecule has 3 aromatic heterocycles. The van der Waals surface area contributed by atoms with Crippen molar-refractivity contribution in [2.45, 2.75) is 13.6 Å². The second-order valence-corrected chi connectivity index (χ2v) is 12.6. The van der Waals surface area contributed by atoms with E-state index in [-0.39, 0.29) is 33.5 Å². The summed E-state index contributed by atoms with van der Waals surface area (Å²) in [4.78, 5) is 18.1. The number of carbonyl (C=O) groups is 1. The monoisotopic (exact) mass is 647 g/mol. The van der Waals surface area contributed by atoms with Crippen LogP contribution in [0.15, 0.2) is 65.6 Å². The summed E-state index contributed by atoms with van der Waals surface area (Å²) in [6.45, 7) is 5.70. The van der Waals surface area contributed by atoms with Crippen molar-refractivity contribution in [1.82, 2.24) is 14.9 Å². The summed E-state index contributed by atoms with van der Waals surface area (Å²) in [7, 11) is -1.06. The van der Waals surface area contributed by atoms with Crippen molar-refractivity contribution in [2.24, 2.45) is 0 Å². The van der Waals surface area contributed by atoms with E-state index in [2.05, 4.69) is 17.2 Å². The number of fused-ring (bicyclic) bond motifs is 4. The number of furan rings is 1. The molecule has 1 amide bonds. The van der Waals surface area contributed by atoms with Crippen LogP contribution in [0, 0.1) is 11.6 Å². The lowest BCUT2D eigenvalue weighted by molar-refractivity contribution is 0.0964. The number of benzene rings is 2. The molecule has 0 atom stereocenters. The van der Waals surface area contributed by atoms with E-state index in [4.69, 9.17) is 9.40 Å². The molecule has 0 bridgehead atoms. The zero-order chi connectivity index (χ0) is 33.1. The first-order chi connectivity index (χ1) is 21.9. The van der Waals surface area contributed by atoms with Crippen molar-refractivity contribution in [3.05, 3.63) is 89.0 Å². The molecular weight excluding hydrogens is 619 g/mol. The van der Waals surface area contributed by atoms with Crippen LogP contribution in [0.25, 0.3) is 56.8 Å². The lowest BCUT2D eigenvalue weighted by Gasteiger charge is -2.23. The highest BCUT2D eigenvalue weighted by Crippen LogP contribution is 2.42. The van der Waals surface area contributed by atoms with E-state index < -0.39 is 33.4 Å². The van der Waals surface area contributed by atoms with Gasteiger partial charge in [0.1, 0.15) is 28.7 Å². The van der Waals surface area contributed by atoms with Gasteiger partial charge < -0.3 is 19.6 Å². The third kappa shape index (κ3) is 4.92. The first kappa shape index (κ1) is 30.7. The highest BCUT2D eigenvalue weighted by Gasteiger charge is 2.28. The number of carbonyl (C=O) groups excluding carboxylic acids is 1. The minimum Gasteiger partial charge on any atom is -0.455 e. The minimum absolute atomic E-state index is 0.0328. The number of hydrogen-bond acceptors (Lipinski definition) is 6. The largest absolute Gasteiger partial charge is 0.455 e. The zero-order valence-electron chi connectivity index (χ0n) is 25.2. The summed E-state index contributed by atoms with van der Waals surface area (Å²) < 4.78 is 78.0. The number of sulfonamides is 1. The van der Waals surface area contributed by atoms with E-state index in [0.29, 0.717) is 51.6 Å². The third-order valence-electron chi connectivity index (χ3n) is 7.96. The highest BCUT2D eigenvalue weighted by atomic mass is 32.2. The zero-order valence-corrected chi connectivity index (χ0v) is 26.0. The number of allylic oxidation sites excluding steroid dienone is 1. The molecule has 46 heavy (non-hydrogen) atoms. The summed E-state index contributed by atoms with van der Waals surface area (Å²) in [5.41, 5.74) is 2.49. The molecule has 2 aromatic carbocycles. The van der Waals surface area contributed by atoms with Crippen LogP contribution in [0.2, 0.25) is 0 Å². The normalized spacial score (nSPS) is 13.6. The van der Waals surface area contributed by atoms with Crippen LogP contribution in [-0.4, -0.2) is 44.2 Å². The predicted molar refractivity (Wildman–Crippen MR) is 173 cm³/mol. The van der Waals surface area contributed by atoms with Crippen LogP contribution in [0.3, 0.4) is 0 Å². The maximum Gasteiger partial charge on any atom is 0.255 e. The Morgan fingerprint density at radius 1 is 1.15 bits per heavy atom. The molecule has 9 nitrogen and oxygen atoms in total. The number of anilines is 2. The van der Waals surface area contributed by atoms with Gasteiger partial charge >= 0.3 is 0 Å². The number of pyridine rings is 1. The molecule has 5 aromatic rings. The molecule has 6 rings (SSSR count). The van der Waals surface area contributed by atoms with Gasteiger partial charge in [0.25, 0.3) is 5.91 Å². The Hall–Kier alpha value is -5.30. The fourth-order valence-corrected chi connectivity index (χ4v) is 6.15. The molecule has 0 saturated carbocycles. The van der Waals surface area contributed by atoms with Crippen molar-refractivity contribution >= 4 is 50.2 Å². The van der Waals surface area contributed by atoms with Gasteiger partial charge in [0.2, 0.25) is 10.0 Å². The average Bonchev–Trinajstić information content (AvgIpc) is 3.60. The minimum atomic E-state index is -3.82. The van der Waals surface area contributed by atoms with Crippen molar-refractivity contribution in [3.8, 4) is 34.0 Å². The molecule has 13 heteroatoms. The molecule has 0 fully saturated rings. The van der Waals surface area contributed by atoms with Gasteiger partial charge in [-0.2, -0.15) is 0 Å². The van der Waals surface area contributed by atoms with E-state index in [1.807, 2.05) is 4.57 Å². The van der Waals surface area contributed by atoms with Gasteiger partial charge in [-0.05, 0) is 49.4 Å². The SMILES string of the molecule is C=C/C(F)=c1/cc2n(/c1=C/C)CNc1ccc(-c3cc4c(C(=O)NC)c(-c5ccc(F)cc5F)oc4cc3N(C)S(C)(=O)=O)nc1-2. The average molecular weight is 648 g/mol. The summed E-state index contributed by atoms with van der Waals surface area (Å²) in [5.74, 6) is -3.01. The fraction of sp³-hybridized carbons (Fsp3) is 0.152. The number of amides is 1. The Kier molecular flexibility index (Phi) is 7.51. The second-order valence-electron chi connectivity index (χ2n) is 10.6. The van der Waals surface area contributed by atoms with Crippen LogP contribution in [0.5, 0.6) is 0 Å². The van der Waals surface area contributed by atoms with Gasteiger partial charge in [-0.3, -0.25) is 9.10 Å². The van der Waals surface area contributed by atoms with Crippen LogP contribution in [0.1, 0.15) is 17.3 Å². The summed E-state index contributed by atoms with van der Waals surface area (Å²) in [5, 5.41) is 7.03. The van der Waals surface area contributed by atoms with E-state index >= 15 is 0 Å². The molecule has 0 spiro atoms. The first-order valence-electron chi connectivity index (χ1n) is 14.0. The lowest BCUT2D eigenvalue weighted by atomic mass is 10.00. The van der Waals surface area contributed by atoms with Gasteiger partial charge in [-0.1, -0.05) is 12.7 Å². The Labute approximate surface area is 262 Å². The number of nitrogens with zero attached hydrogens (tertiary/aromatic N) is 3. The first-order valence-corrected chi connectivity index (χ1v) is 15.9. The number of halogens is 3. The lowest BCUT2D eigenvalue weighted by Crippen LogP contribution is -2.33. The predicted octanol–water partition coefficient (Wildman–Crippen LogP) is 5.11. The summed E-state index contributed by atoms with van der Waals surface area (Å²) in [6, 6.07) is 11.0. The van der Waals surface area contributed by atoms with Crippen molar-refractivity contribution in [2.75, 3.05) is 30.0 Å². The molecule has 1 aliphatic heterocycles. The molecule has 4 heterocycles. The quantitative estimate of drug-likeness (QED) is 0.265. The topological polar surface area (TPSA) is 109 Å². The van der Waals surface area contributed by atoms with Crippen LogP contribution < -0.4 is 25.5 Å². The van der Waals surface area contributed by atoms with E-state index in [1.165, 1.54) is 20.2 Å². The second kappa shape index (κ2) is 11.2.